The number of hydrogen-bond acceptors (Lipinski definition) is 1. The fraction of sp³-hybridized carbons (Fsp3) is 0.600. The molecule has 3 heteroatoms. The Morgan fingerprint density at radius 2 is 2.06 bits per heavy atom. The van der Waals surface area contributed by atoms with E-state index in [9.17, 15) is 4.39 Å². The fourth-order valence-corrected chi connectivity index (χ4v) is 2.43. The molecule has 0 heterocycles. The molecule has 1 aromatic carbocycles. The maximum Gasteiger partial charge on any atom is 0.129 e. The maximum atomic E-state index is 13.7. The third-order valence-electron chi connectivity index (χ3n) is 3.49. The molecule has 2 unspecified atom stereocenters. The molecule has 0 fully saturated rings. The number of hydrogen-bond donors (Lipinski definition) is 1. The first-order valence-corrected chi connectivity index (χ1v) is 7.16. The summed E-state index contributed by atoms with van der Waals surface area (Å²) in [4.78, 5) is 0. The van der Waals surface area contributed by atoms with Gasteiger partial charge in [-0.15, -0.1) is 0 Å². The molecule has 0 aromatic heterocycles. The standard InChI is InChI=1S/C15H23ClFN/c1-3-5-6-11(4-2)9-15(18)13-8-7-12(16)10-14(13)17/h7-8,10-11,15H,3-6,9,18H2,1-2H3. The Morgan fingerprint density at radius 3 is 2.61 bits per heavy atom. The molecular formula is C15H23ClFN. The zero-order chi connectivity index (χ0) is 13.5. The van der Waals surface area contributed by atoms with Crippen molar-refractivity contribution in [2.45, 2.75) is 52.0 Å². The van der Waals surface area contributed by atoms with Gasteiger partial charge in [0.1, 0.15) is 5.82 Å². The van der Waals surface area contributed by atoms with Crippen LogP contribution in [-0.2, 0) is 0 Å². The molecule has 0 saturated heterocycles. The van der Waals surface area contributed by atoms with E-state index in [1.807, 2.05) is 0 Å². The highest BCUT2D eigenvalue weighted by Gasteiger charge is 2.16. The van der Waals surface area contributed by atoms with E-state index in [-0.39, 0.29) is 11.9 Å². The van der Waals surface area contributed by atoms with Gasteiger partial charge in [0.05, 0.1) is 0 Å². The van der Waals surface area contributed by atoms with Gasteiger partial charge in [-0.3, -0.25) is 0 Å². The molecule has 0 amide bonds. The second kappa shape index (κ2) is 7.75. The molecule has 0 aliphatic carbocycles. The lowest BCUT2D eigenvalue weighted by molar-refractivity contribution is 0.383. The van der Waals surface area contributed by atoms with Gasteiger partial charge in [-0.05, 0) is 24.5 Å². The first kappa shape index (κ1) is 15.5. The number of halogens is 2. The summed E-state index contributed by atoms with van der Waals surface area (Å²) in [7, 11) is 0. The maximum absolute atomic E-state index is 13.7. The van der Waals surface area contributed by atoms with E-state index < -0.39 is 0 Å². The summed E-state index contributed by atoms with van der Waals surface area (Å²) in [6, 6.07) is 4.51. The van der Waals surface area contributed by atoms with Gasteiger partial charge in [0.15, 0.2) is 0 Å². The zero-order valence-electron chi connectivity index (χ0n) is 11.3. The predicted molar refractivity (Wildman–Crippen MR) is 76.3 cm³/mol. The van der Waals surface area contributed by atoms with Crippen LogP contribution in [0.25, 0.3) is 0 Å². The molecule has 18 heavy (non-hydrogen) atoms. The van der Waals surface area contributed by atoms with Crippen LogP contribution >= 0.6 is 11.6 Å². The Bertz CT molecular complexity index is 368. The van der Waals surface area contributed by atoms with Crippen LogP contribution in [-0.4, -0.2) is 0 Å². The topological polar surface area (TPSA) is 26.0 Å². The lowest BCUT2D eigenvalue weighted by Crippen LogP contribution is -2.16. The van der Waals surface area contributed by atoms with Gasteiger partial charge in [0.25, 0.3) is 0 Å². The molecule has 0 radical (unpaired) electrons. The summed E-state index contributed by atoms with van der Waals surface area (Å²) in [6.45, 7) is 4.36. The average Bonchev–Trinajstić information content (AvgIpc) is 2.34. The van der Waals surface area contributed by atoms with Crippen molar-refractivity contribution in [2.24, 2.45) is 11.7 Å². The summed E-state index contributed by atoms with van der Waals surface area (Å²) in [6.07, 6.45) is 5.53. The second-order valence-electron chi connectivity index (χ2n) is 4.92. The minimum atomic E-state index is -0.291. The predicted octanol–water partition coefficient (Wildman–Crippen LogP) is 5.09. The smallest absolute Gasteiger partial charge is 0.129 e. The highest BCUT2D eigenvalue weighted by molar-refractivity contribution is 6.30. The number of unbranched alkanes of at least 4 members (excludes halogenated alkanes) is 1. The molecule has 0 aliphatic heterocycles. The molecular weight excluding hydrogens is 249 g/mol. The quantitative estimate of drug-likeness (QED) is 0.735. The van der Waals surface area contributed by atoms with Gasteiger partial charge in [-0.25, -0.2) is 4.39 Å². The molecule has 2 atom stereocenters. The first-order valence-electron chi connectivity index (χ1n) is 6.79. The van der Waals surface area contributed by atoms with E-state index in [0.29, 0.717) is 16.5 Å². The molecule has 102 valence electrons. The van der Waals surface area contributed by atoms with Gasteiger partial charge in [-0.2, -0.15) is 0 Å². The van der Waals surface area contributed by atoms with E-state index in [2.05, 4.69) is 13.8 Å². The number of benzene rings is 1. The van der Waals surface area contributed by atoms with Crippen molar-refractivity contribution in [3.8, 4) is 0 Å². The molecule has 0 bridgehead atoms. The van der Waals surface area contributed by atoms with Crippen molar-refractivity contribution < 1.29 is 4.39 Å². The third-order valence-corrected chi connectivity index (χ3v) is 3.73. The van der Waals surface area contributed by atoms with Crippen LogP contribution in [0.15, 0.2) is 18.2 Å². The zero-order valence-corrected chi connectivity index (χ0v) is 12.0. The van der Waals surface area contributed by atoms with Gasteiger partial charge in [-0.1, -0.05) is 57.2 Å². The third kappa shape index (κ3) is 4.58. The van der Waals surface area contributed by atoms with Gasteiger partial charge < -0.3 is 5.73 Å². The van der Waals surface area contributed by atoms with Crippen molar-refractivity contribution >= 4 is 11.6 Å². The summed E-state index contributed by atoms with van der Waals surface area (Å²) >= 11 is 5.74. The van der Waals surface area contributed by atoms with Crippen molar-refractivity contribution in [2.75, 3.05) is 0 Å². The van der Waals surface area contributed by atoms with Crippen LogP contribution in [0.2, 0.25) is 5.02 Å². The van der Waals surface area contributed by atoms with E-state index in [1.54, 1.807) is 12.1 Å². The van der Waals surface area contributed by atoms with Gasteiger partial charge >= 0.3 is 0 Å². The molecule has 0 spiro atoms. The minimum Gasteiger partial charge on any atom is -0.324 e. The van der Waals surface area contributed by atoms with Crippen LogP contribution in [0.1, 0.15) is 57.6 Å². The van der Waals surface area contributed by atoms with Crippen molar-refractivity contribution in [1.29, 1.82) is 0 Å². The average molecular weight is 272 g/mol. The largest absolute Gasteiger partial charge is 0.324 e. The Labute approximate surface area is 115 Å². The monoisotopic (exact) mass is 271 g/mol. The number of nitrogens with two attached hydrogens (primary N) is 1. The fourth-order valence-electron chi connectivity index (χ4n) is 2.27. The minimum absolute atomic E-state index is 0.232. The Balaban J connectivity index is 2.65. The molecule has 1 rings (SSSR count). The van der Waals surface area contributed by atoms with Crippen molar-refractivity contribution in [1.82, 2.24) is 0 Å². The summed E-state index contributed by atoms with van der Waals surface area (Å²) in [5.74, 6) is 0.287. The first-order chi connectivity index (χ1) is 8.58. The van der Waals surface area contributed by atoms with Crippen molar-refractivity contribution in [3.63, 3.8) is 0 Å². The van der Waals surface area contributed by atoms with E-state index >= 15 is 0 Å². The van der Waals surface area contributed by atoms with Crippen molar-refractivity contribution in [3.05, 3.63) is 34.6 Å². The highest BCUT2D eigenvalue weighted by atomic mass is 35.5. The van der Waals surface area contributed by atoms with Crippen LogP contribution in [0.3, 0.4) is 0 Å². The van der Waals surface area contributed by atoms with Crippen LogP contribution < -0.4 is 5.73 Å². The Morgan fingerprint density at radius 1 is 1.33 bits per heavy atom. The highest BCUT2D eigenvalue weighted by Crippen LogP contribution is 2.27. The van der Waals surface area contributed by atoms with E-state index in [0.717, 1.165) is 12.8 Å². The summed E-state index contributed by atoms with van der Waals surface area (Å²) in [5, 5.41) is 0.418. The number of rotatable bonds is 7. The van der Waals surface area contributed by atoms with E-state index in [4.69, 9.17) is 17.3 Å². The summed E-state index contributed by atoms with van der Waals surface area (Å²) < 4.78 is 13.7. The Hall–Kier alpha value is -0.600. The molecule has 2 N–H and O–H groups in total. The normalized spacial score (nSPS) is 14.5. The van der Waals surface area contributed by atoms with Crippen LogP contribution in [0, 0.1) is 11.7 Å². The molecule has 0 saturated carbocycles. The second-order valence-corrected chi connectivity index (χ2v) is 5.36. The van der Waals surface area contributed by atoms with Gasteiger partial charge in [0.2, 0.25) is 0 Å². The SMILES string of the molecule is CCCCC(CC)CC(N)c1ccc(Cl)cc1F. The molecule has 1 nitrogen and oxygen atoms in total. The van der Waals surface area contributed by atoms with Crippen LogP contribution in [0.4, 0.5) is 4.39 Å². The lowest BCUT2D eigenvalue weighted by Gasteiger charge is -2.20. The van der Waals surface area contributed by atoms with E-state index in [1.165, 1.54) is 25.3 Å². The summed E-state index contributed by atoms with van der Waals surface area (Å²) in [5.41, 5.74) is 6.69. The van der Waals surface area contributed by atoms with Gasteiger partial charge in [0, 0.05) is 16.6 Å². The molecule has 1 aromatic rings. The van der Waals surface area contributed by atoms with Crippen LogP contribution in [0.5, 0.6) is 0 Å². The Kier molecular flexibility index (Phi) is 6.66. The molecule has 0 aliphatic rings. The lowest BCUT2D eigenvalue weighted by atomic mass is 9.89.